The lowest BCUT2D eigenvalue weighted by atomic mass is 10.1. The minimum Gasteiger partial charge on any atom is -0.505 e. The van der Waals surface area contributed by atoms with Crippen molar-refractivity contribution in [3.05, 3.63) is 51.1 Å². The van der Waals surface area contributed by atoms with Crippen LogP contribution in [0, 0.1) is 12.7 Å². The second-order valence-electron chi connectivity index (χ2n) is 5.81. The molecule has 2 N–H and O–H groups in total. The topological polar surface area (TPSA) is 62.5 Å². The van der Waals surface area contributed by atoms with Crippen molar-refractivity contribution in [3.8, 4) is 5.75 Å². The van der Waals surface area contributed by atoms with Crippen LogP contribution in [0.4, 0.5) is 17.6 Å². The Morgan fingerprint density at radius 1 is 1.27 bits per heavy atom. The summed E-state index contributed by atoms with van der Waals surface area (Å²) < 4.78 is 53.7. The van der Waals surface area contributed by atoms with Crippen LogP contribution in [-0.4, -0.2) is 20.7 Å². The predicted octanol–water partition coefficient (Wildman–Crippen LogP) is 4.55. The largest absolute Gasteiger partial charge is 0.505 e. The van der Waals surface area contributed by atoms with Gasteiger partial charge in [-0.15, -0.1) is 11.3 Å². The lowest BCUT2D eigenvalue weighted by molar-refractivity contribution is -0.136. The van der Waals surface area contributed by atoms with Gasteiger partial charge in [-0.05, 0) is 30.7 Å². The number of benzene rings is 1. The predicted molar refractivity (Wildman–Crippen MR) is 88.1 cm³/mol. The molecule has 26 heavy (non-hydrogen) atoms. The summed E-state index contributed by atoms with van der Waals surface area (Å²) in [5.74, 6) is -2.61. The third-order valence-corrected chi connectivity index (χ3v) is 5.22. The van der Waals surface area contributed by atoms with Crippen molar-refractivity contribution in [1.29, 1.82) is 0 Å². The molecule has 0 unspecified atom stereocenters. The molecule has 0 aliphatic rings. The Kier molecular flexibility index (Phi) is 4.43. The number of hydrogen-bond acceptors (Lipinski definition) is 3. The Balaban J connectivity index is 2.13. The maximum absolute atomic E-state index is 13.8. The second kappa shape index (κ2) is 6.31. The number of carboxylic acid groups (broad SMARTS) is 1. The number of carbonyl (C=O) groups is 1. The number of nitrogens with zero attached hydrogens (tertiary/aromatic N) is 1. The van der Waals surface area contributed by atoms with Gasteiger partial charge >= 0.3 is 12.1 Å². The van der Waals surface area contributed by atoms with Gasteiger partial charge in [0.15, 0.2) is 11.6 Å². The SMILES string of the molecule is Cc1c(CC(=O)O)c2cc(O)c(F)cc2n1Cc1ccc(C(F)(F)F)s1. The number of phenolic OH excluding ortho intramolecular Hbond substituents is 1. The summed E-state index contributed by atoms with van der Waals surface area (Å²) >= 11 is 0.577. The van der Waals surface area contributed by atoms with E-state index in [1.807, 2.05) is 0 Å². The molecule has 0 atom stereocenters. The number of aromatic nitrogens is 1. The lowest BCUT2D eigenvalue weighted by Crippen LogP contribution is -2.04. The van der Waals surface area contributed by atoms with Crippen molar-refractivity contribution >= 4 is 28.2 Å². The van der Waals surface area contributed by atoms with Crippen LogP contribution in [0.25, 0.3) is 10.9 Å². The zero-order chi connectivity index (χ0) is 19.2. The molecule has 1 aromatic carbocycles. The first kappa shape index (κ1) is 18.2. The summed E-state index contributed by atoms with van der Waals surface area (Å²) in [6, 6.07) is 4.52. The molecule has 0 radical (unpaired) electrons. The first-order valence-electron chi connectivity index (χ1n) is 7.46. The van der Waals surface area contributed by atoms with E-state index < -0.39 is 28.6 Å². The van der Waals surface area contributed by atoms with Gasteiger partial charge in [-0.2, -0.15) is 13.2 Å². The molecular formula is C17H13F4NO3S. The molecule has 138 valence electrons. The van der Waals surface area contributed by atoms with Gasteiger partial charge in [-0.3, -0.25) is 4.79 Å². The number of carboxylic acids is 1. The van der Waals surface area contributed by atoms with Crippen LogP contribution in [0.15, 0.2) is 24.3 Å². The standard InChI is InChI=1S/C17H13F4NO3S/c1-8-10(5-16(24)25)11-4-14(23)12(18)6-13(11)22(8)7-9-2-3-15(26-9)17(19,20)21/h2-4,6,23H,5,7H2,1H3,(H,24,25). The molecule has 0 saturated heterocycles. The minimum absolute atomic E-state index is 0.0346. The average molecular weight is 387 g/mol. The fraction of sp³-hybridized carbons (Fsp3) is 0.235. The number of hydrogen-bond donors (Lipinski definition) is 2. The van der Waals surface area contributed by atoms with E-state index in [4.69, 9.17) is 5.11 Å². The van der Waals surface area contributed by atoms with E-state index >= 15 is 0 Å². The van der Waals surface area contributed by atoms with Gasteiger partial charge in [0.2, 0.25) is 0 Å². The van der Waals surface area contributed by atoms with Crippen LogP contribution in [0.1, 0.15) is 21.0 Å². The minimum atomic E-state index is -4.44. The van der Waals surface area contributed by atoms with Gasteiger partial charge in [0.25, 0.3) is 0 Å². The zero-order valence-corrected chi connectivity index (χ0v) is 14.2. The molecule has 4 nitrogen and oxygen atoms in total. The number of alkyl halides is 3. The van der Waals surface area contributed by atoms with Crippen LogP contribution in [0.3, 0.4) is 0 Å². The fourth-order valence-electron chi connectivity index (χ4n) is 2.90. The van der Waals surface area contributed by atoms with Gasteiger partial charge in [0.05, 0.1) is 18.5 Å². The van der Waals surface area contributed by atoms with E-state index in [2.05, 4.69) is 0 Å². The van der Waals surface area contributed by atoms with Crippen molar-refractivity contribution in [2.24, 2.45) is 0 Å². The molecule has 9 heteroatoms. The molecule has 0 amide bonds. The van der Waals surface area contributed by atoms with E-state index in [1.54, 1.807) is 11.5 Å². The Labute approximate surface area is 148 Å². The Hall–Kier alpha value is -2.55. The highest BCUT2D eigenvalue weighted by molar-refractivity contribution is 7.12. The van der Waals surface area contributed by atoms with Gasteiger partial charge in [-0.25, -0.2) is 4.39 Å². The maximum atomic E-state index is 13.8. The Morgan fingerprint density at radius 3 is 2.54 bits per heavy atom. The first-order chi connectivity index (χ1) is 12.1. The summed E-state index contributed by atoms with van der Waals surface area (Å²) in [5, 5.41) is 19.1. The molecule has 0 saturated carbocycles. The number of aliphatic carboxylic acids is 1. The van der Waals surface area contributed by atoms with Crippen molar-refractivity contribution < 1.29 is 32.6 Å². The van der Waals surface area contributed by atoms with Gasteiger partial charge in [-0.1, -0.05) is 0 Å². The number of phenols is 1. The number of fused-ring (bicyclic) bond motifs is 1. The second-order valence-corrected chi connectivity index (χ2v) is 6.97. The summed E-state index contributed by atoms with van der Waals surface area (Å²) in [4.78, 5) is 10.8. The molecule has 0 aliphatic heterocycles. The number of rotatable bonds is 4. The lowest BCUT2D eigenvalue weighted by Gasteiger charge is -2.08. The fourth-order valence-corrected chi connectivity index (χ4v) is 3.77. The van der Waals surface area contributed by atoms with Crippen molar-refractivity contribution in [1.82, 2.24) is 4.57 Å². The molecule has 3 rings (SSSR count). The van der Waals surface area contributed by atoms with Crippen LogP contribution in [-0.2, 0) is 23.9 Å². The normalized spacial score (nSPS) is 12.0. The monoisotopic (exact) mass is 387 g/mol. The van der Waals surface area contributed by atoms with Crippen LogP contribution < -0.4 is 0 Å². The first-order valence-corrected chi connectivity index (χ1v) is 8.27. The third-order valence-electron chi connectivity index (χ3n) is 4.11. The highest BCUT2D eigenvalue weighted by Gasteiger charge is 2.32. The number of aromatic hydroxyl groups is 1. The van der Waals surface area contributed by atoms with Gasteiger partial charge in [0.1, 0.15) is 4.88 Å². The van der Waals surface area contributed by atoms with Gasteiger partial charge < -0.3 is 14.8 Å². The van der Waals surface area contributed by atoms with E-state index in [0.29, 0.717) is 38.4 Å². The van der Waals surface area contributed by atoms with E-state index in [9.17, 15) is 27.5 Å². The maximum Gasteiger partial charge on any atom is 0.425 e. The Morgan fingerprint density at radius 2 is 1.96 bits per heavy atom. The summed E-state index contributed by atoms with van der Waals surface area (Å²) in [7, 11) is 0. The quantitative estimate of drug-likeness (QED) is 0.646. The molecular weight excluding hydrogens is 374 g/mol. The molecule has 0 fully saturated rings. The van der Waals surface area contributed by atoms with Crippen LogP contribution in [0.5, 0.6) is 5.75 Å². The average Bonchev–Trinajstić information content (AvgIpc) is 3.08. The molecule has 3 aromatic rings. The molecule has 2 aromatic heterocycles. The van der Waals surface area contributed by atoms with Gasteiger partial charge in [0, 0.05) is 22.0 Å². The zero-order valence-electron chi connectivity index (χ0n) is 13.4. The third kappa shape index (κ3) is 3.26. The van der Waals surface area contributed by atoms with E-state index in [-0.39, 0.29) is 13.0 Å². The van der Waals surface area contributed by atoms with Crippen molar-refractivity contribution in [2.75, 3.05) is 0 Å². The van der Waals surface area contributed by atoms with Crippen LogP contribution >= 0.6 is 11.3 Å². The molecule has 2 heterocycles. The van der Waals surface area contributed by atoms with E-state index in [1.165, 1.54) is 6.07 Å². The Bertz CT molecular complexity index is 1000. The highest BCUT2D eigenvalue weighted by Crippen LogP contribution is 2.36. The van der Waals surface area contributed by atoms with Crippen molar-refractivity contribution in [2.45, 2.75) is 26.1 Å². The summed E-state index contributed by atoms with van der Waals surface area (Å²) in [6.07, 6.45) is -4.79. The smallest absolute Gasteiger partial charge is 0.425 e. The summed E-state index contributed by atoms with van der Waals surface area (Å²) in [6.45, 7) is 1.65. The molecule has 0 aliphatic carbocycles. The molecule has 0 spiro atoms. The van der Waals surface area contributed by atoms with Crippen LogP contribution in [0.2, 0.25) is 0 Å². The van der Waals surface area contributed by atoms with Crippen molar-refractivity contribution in [3.63, 3.8) is 0 Å². The number of halogens is 4. The highest BCUT2D eigenvalue weighted by atomic mass is 32.1. The summed E-state index contributed by atoms with van der Waals surface area (Å²) in [5.41, 5.74) is 1.20. The van der Waals surface area contributed by atoms with E-state index in [0.717, 1.165) is 18.2 Å². The number of thiophene rings is 1. The molecule has 0 bridgehead atoms.